The fourth-order valence-corrected chi connectivity index (χ4v) is 4.50. The summed E-state index contributed by atoms with van der Waals surface area (Å²) in [5, 5.41) is 7.36. The molecule has 2 amide bonds. The Morgan fingerprint density at radius 3 is 2.17 bits per heavy atom. The number of benzene rings is 4. The summed E-state index contributed by atoms with van der Waals surface area (Å²) in [6, 6.07) is 22.9. The molecule has 2 N–H and O–H groups in total. The van der Waals surface area contributed by atoms with Crippen molar-refractivity contribution in [1.29, 1.82) is 0 Å². The molecule has 4 rings (SSSR count). The molecule has 0 bridgehead atoms. The van der Waals surface area contributed by atoms with E-state index in [2.05, 4.69) is 10.6 Å². The fourth-order valence-electron chi connectivity index (χ4n) is 3.45. The smallest absolute Gasteiger partial charge is 0.341 e. The van der Waals surface area contributed by atoms with E-state index in [0.717, 1.165) is 23.4 Å². The molecule has 35 heavy (non-hydrogen) atoms. The lowest BCUT2D eigenvalue weighted by Gasteiger charge is -2.13. The van der Waals surface area contributed by atoms with Crippen molar-refractivity contribution >= 4 is 44.3 Å². The number of ether oxygens (including phenoxy) is 1. The largest absolute Gasteiger partial charge is 0.465 e. The molecule has 0 aliphatic carbocycles. The topological polar surface area (TPSA) is 111 Å². The first kappa shape index (κ1) is 23.8. The summed E-state index contributed by atoms with van der Waals surface area (Å²) >= 11 is 0. The number of fused-ring (bicyclic) bond motifs is 1. The highest BCUT2D eigenvalue weighted by atomic mass is 32.2. The van der Waals surface area contributed by atoms with E-state index in [4.69, 9.17) is 8.92 Å². The van der Waals surface area contributed by atoms with Crippen LogP contribution in [-0.2, 0) is 14.9 Å². The Morgan fingerprint density at radius 1 is 0.771 bits per heavy atom. The van der Waals surface area contributed by atoms with E-state index in [1.54, 1.807) is 25.1 Å². The Balaban J connectivity index is 1.55. The van der Waals surface area contributed by atoms with Gasteiger partial charge in [-0.05, 0) is 65.7 Å². The molecule has 0 aliphatic rings. The van der Waals surface area contributed by atoms with Gasteiger partial charge in [0.25, 0.3) is 0 Å². The maximum atomic E-state index is 12.7. The first-order valence-electron chi connectivity index (χ1n) is 10.6. The number of rotatable bonds is 6. The van der Waals surface area contributed by atoms with Crippen molar-refractivity contribution in [1.82, 2.24) is 0 Å². The Labute approximate surface area is 202 Å². The molecule has 0 heterocycles. The van der Waals surface area contributed by atoms with Crippen LogP contribution in [0.25, 0.3) is 10.8 Å². The molecular formula is C26H22N2O6S. The molecule has 0 saturated heterocycles. The average molecular weight is 491 g/mol. The number of amides is 2. The summed E-state index contributed by atoms with van der Waals surface area (Å²) in [6.45, 7) is 1.75. The van der Waals surface area contributed by atoms with Crippen LogP contribution in [0.4, 0.5) is 16.2 Å². The van der Waals surface area contributed by atoms with E-state index in [0.29, 0.717) is 5.69 Å². The second kappa shape index (κ2) is 9.86. The van der Waals surface area contributed by atoms with Gasteiger partial charge in [-0.2, -0.15) is 8.42 Å². The number of carbonyl (C=O) groups excluding carboxylic acids is 2. The standard InChI is InChI=1S/C26H22N2O6S/c1-17-6-5-9-22(14-17)35(31,32)34-24-13-12-21(16-23(24)25(29)33-2)28-26(30)27-20-11-10-18-7-3-4-8-19(18)15-20/h3-16H,1-2H3,(H2,27,28,30). The number of urea groups is 1. The van der Waals surface area contributed by atoms with Crippen molar-refractivity contribution in [3.05, 3.63) is 96.1 Å². The number of nitrogens with one attached hydrogen (secondary N) is 2. The Morgan fingerprint density at radius 2 is 1.46 bits per heavy atom. The van der Waals surface area contributed by atoms with Crippen molar-refractivity contribution < 1.29 is 26.9 Å². The lowest BCUT2D eigenvalue weighted by atomic mass is 10.1. The summed E-state index contributed by atoms with van der Waals surface area (Å²) in [6.07, 6.45) is 0. The molecule has 0 radical (unpaired) electrons. The van der Waals surface area contributed by atoms with Crippen molar-refractivity contribution in [2.24, 2.45) is 0 Å². The van der Waals surface area contributed by atoms with Gasteiger partial charge < -0.3 is 19.6 Å². The van der Waals surface area contributed by atoms with E-state index >= 15 is 0 Å². The minimum absolute atomic E-state index is 0.0507. The van der Waals surface area contributed by atoms with Crippen LogP contribution in [0.2, 0.25) is 0 Å². The van der Waals surface area contributed by atoms with Crippen LogP contribution in [0, 0.1) is 6.92 Å². The summed E-state index contributed by atoms with van der Waals surface area (Å²) in [5.74, 6) is -1.04. The van der Waals surface area contributed by atoms with Crippen molar-refractivity contribution in [3.8, 4) is 5.75 Å². The number of hydrogen-bond donors (Lipinski definition) is 2. The third-order valence-electron chi connectivity index (χ3n) is 5.13. The highest BCUT2D eigenvalue weighted by Crippen LogP contribution is 2.28. The molecule has 9 heteroatoms. The summed E-state index contributed by atoms with van der Waals surface area (Å²) < 4.78 is 35.5. The van der Waals surface area contributed by atoms with Crippen LogP contribution < -0.4 is 14.8 Å². The SMILES string of the molecule is COC(=O)c1cc(NC(=O)Nc2ccc3ccccc3c2)ccc1OS(=O)(=O)c1cccc(C)c1. The van der Waals surface area contributed by atoms with Gasteiger partial charge in [0, 0.05) is 11.4 Å². The molecule has 178 valence electrons. The zero-order chi connectivity index (χ0) is 25.0. The van der Waals surface area contributed by atoms with Crippen molar-refractivity contribution in [3.63, 3.8) is 0 Å². The quantitative estimate of drug-likeness (QED) is 0.279. The molecule has 0 spiro atoms. The Hall–Kier alpha value is -4.37. The van der Waals surface area contributed by atoms with Crippen LogP contribution in [0.1, 0.15) is 15.9 Å². The first-order valence-corrected chi connectivity index (χ1v) is 12.0. The maximum Gasteiger partial charge on any atom is 0.341 e. The van der Waals surface area contributed by atoms with Gasteiger partial charge in [0.1, 0.15) is 10.5 Å². The number of methoxy groups -OCH3 is 1. The van der Waals surface area contributed by atoms with Gasteiger partial charge in [-0.15, -0.1) is 0 Å². The molecule has 8 nitrogen and oxygen atoms in total. The minimum Gasteiger partial charge on any atom is -0.465 e. The van der Waals surface area contributed by atoms with Crippen LogP contribution in [0.3, 0.4) is 0 Å². The Bertz CT molecular complexity index is 1530. The molecule has 0 aliphatic heterocycles. The number of hydrogen-bond acceptors (Lipinski definition) is 6. The molecular weight excluding hydrogens is 468 g/mol. The number of esters is 1. The molecule has 0 atom stereocenters. The van der Waals surface area contributed by atoms with E-state index in [1.807, 2.05) is 36.4 Å². The predicted octanol–water partition coefficient (Wildman–Crippen LogP) is 5.35. The van der Waals surface area contributed by atoms with Crippen LogP contribution >= 0.6 is 0 Å². The molecule has 4 aromatic rings. The molecule has 0 aromatic heterocycles. The van der Waals surface area contributed by atoms with E-state index in [9.17, 15) is 18.0 Å². The monoisotopic (exact) mass is 490 g/mol. The second-order valence-electron chi connectivity index (χ2n) is 7.70. The third kappa shape index (κ3) is 5.59. The van der Waals surface area contributed by atoms with Gasteiger partial charge in [-0.3, -0.25) is 0 Å². The molecule has 0 saturated carbocycles. The van der Waals surface area contributed by atoms with Gasteiger partial charge in [0.05, 0.1) is 7.11 Å². The van der Waals surface area contributed by atoms with Crippen molar-refractivity contribution in [2.45, 2.75) is 11.8 Å². The van der Waals surface area contributed by atoms with Gasteiger partial charge in [0.15, 0.2) is 5.75 Å². The second-order valence-corrected chi connectivity index (χ2v) is 9.24. The van der Waals surface area contributed by atoms with E-state index in [-0.39, 0.29) is 21.9 Å². The maximum absolute atomic E-state index is 12.7. The zero-order valence-corrected chi connectivity index (χ0v) is 19.8. The van der Waals surface area contributed by atoms with E-state index < -0.39 is 22.1 Å². The van der Waals surface area contributed by atoms with Gasteiger partial charge in [0.2, 0.25) is 0 Å². The fraction of sp³-hybridized carbons (Fsp3) is 0.0769. The van der Waals surface area contributed by atoms with Crippen LogP contribution in [0.5, 0.6) is 5.75 Å². The van der Waals surface area contributed by atoms with Gasteiger partial charge in [-0.1, -0.05) is 42.5 Å². The van der Waals surface area contributed by atoms with E-state index in [1.165, 1.54) is 30.3 Å². The van der Waals surface area contributed by atoms with Crippen LogP contribution in [0.15, 0.2) is 89.8 Å². The summed E-state index contributed by atoms with van der Waals surface area (Å²) in [5.41, 5.74) is 1.40. The minimum atomic E-state index is -4.20. The number of anilines is 2. The van der Waals surface area contributed by atoms with Crippen LogP contribution in [-0.4, -0.2) is 27.5 Å². The van der Waals surface area contributed by atoms with Crippen molar-refractivity contribution in [2.75, 3.05) is 17.7 Å². The predicted molar refractivity (Wildman–Crippen MR) is 133 cm³/mol. The van der Waals surface area contributed by atoms with Gasteiger partial charge in [-0.25, -0.2) is 9.59 Å². The third-order valence-corrected chi connectivity index (χ3v) is 6.36. The molecule has 0 unspecified atom stereocenters. The van der Waals surface area contributed by atoms with Gasteiger partial charge >= 0.3 is 22.1 Å². The highest BCUT2D eigenvalue weighted by Gasteiger charge is 2.22. The number of aryl methyl sites for hydroxylation is 1. The highest BCUT2D eigenvalue weighted by molar-refractivity contribution is 7.87. The molecule has 4 aromatic carbocycles. The lowest BCUT2D eigenvalue weighted by molar-refractivity contribution is 0.0599. The molecule has 0 fully saturated rings. The summed E-state index contributed by atoms with van der Waals surface area (Å²) in [4.78, 5) is 24.8. The summed E-state index contributed by atoms with van der Waals surface area (Å²) in [7, 11) is -3.04. The normalized spacial score (nSPS) is 11.0. The first-order chi connectivity index (χ1) is 16.7. The zero-order valence-electron chi connectivity index (χ0n) is 18.9. The number of carbonyl (C=O) groups is 2. The lowest BCUT2D eigenvalue weighted by Crippen LogP contribution is -2.20. The average Bonchev–Trinajstić information content (AvgIpc) is 2.84. The Kier molecular flexibility index (Phi) is 6.70.